The van der Waals surface area contributed by atoms with Crippen LogP contribution < -0.4 is 11.1 Å². The van der Waals surface area contributed by atoms with Crippen LogP contribution in [0.2, 0.25) is 0 Å². The largest absolute Gasteiger partial charge is 0.444 e. The normalized spacial score (nSPS) is 20.3. The monoisotopic (exact) mass is 244 g/mol. The smallest absolute Gasteiger partial charge is 0.408 e. The van der Waals surface area contributed by atoms with E-state index in [-0.39, 0.29) is 0 Å². The maximum atomic E-state index is 11.7. The Labute approximate surface area is 103 Å². The van der Waals surface area contributed by atoms with E-state index in [1.54, 1.807) is 0 Å². The van der Waals surface area contributed by atoms with E-state index in [1.165, 1.54) is 0 Å². The Morgan fingerprint density at radius 1 is 1.53 bits per heavy atom. The number of rotatable bonds is 4. The number of ether oxygens (including phenoxy) is 1. The molecular formula is C12H24N2O3. The van der Waals surface area contributed by atoms with E-state index in [4.69, 9.17) is 10.5 Å². The summed E-state index contributed by atoms with van der Waals surface area (Å²) in [6.45, 7) is 5.86. The summed E-state index contributed by atoms with van der Waals surface area (Å²) in [6.07, 6.45) is 2.02. The van der Waals surface area contributed by atoms with Gasteiger partial charge in [0.25, 0.3) is 0 Å². The summed E-state index contributed by atoms with van der Waals surface area (Å²) in [5, 5.41) is 12.8. The number of carbonyl (C=O) groups excluding carboxylic acids is 1. The van der Waals surface area contributed by atoms with E-state index in [1.807, 2.05) is 20.8 Å². The van der Waals surface area contributed by atoms with Crippen LogP contribution in [0.4, 0.5) is 4.79 Å². The van der Waals surface area contributed by atoms with Gasteiger partial charge < -0.3 is 20.9 Å². The summed E-state index contributed by atoms with van der Waals surface area (Å²) >= 11 is 0. The van der Waals surface area contributed by atoms with E-state index in [2.05, 4.69) is 5.32 Å². The first-order chi connectivity index (χ1) is 7.79. The van der Waals surface area contributed by atoms with E-state index >= 15 is 0 Å². The van der Waals surface area contributed by atoms with Gasteiger partial charge in [-0.05, 0) is 53.0 Å². The maximum Gasteiger partial charge on any atom is 0.408 e. The molecule has 1 rings (SSSR count). The summed E-state index contributed by atoms with van der Waals surface area (Å²) in [5.41, 5.74) is 4.39. The van der Waals surface area contributed by atoms with Crippen LogP contribution in [-0.4, -0.2) is 35.0 Å². The first-order valence-corrected chi connectivity index (χ1v) is 6.18. The number of carbonyl (C=O) groups is 1. The Morgan fingerprint density at radius 3 is 2.47 bits per heavy atom. The van der Waals surface area contributed by atoms with Gasteiger partial charge in [-0.3, -0.25) is 0 Å². The van der Waals surface area contributed by atoms with Crippen molar-refractivity contribution in [2.75, 3.05) is 6.54 Å². The van der Waals surface area contributed by atoms with Gasteiger partial charge in [0, 0.05) is 0 Å². The van der Waals surface area contributed by atoms with Crippen molar-refractivity contribution >= 4 is 6.09 Å². The molecule has 1 atom stereocenters. The number of amides is 1. The molecule has 5 heteroatoms. The van der Waals surface area contributed by atoms with Gasteiger partial charge in [0.15, 0.2) is 0 Å². The predicted octanol–water partition coefficient (Wildman–Crippen LogP) is 1.14. The lowest BCUT2D eigenvalue weighted by Crippen LogP contribution is -2.62. The van der Waals surface area contributed by atoms with E-state index in [0.717, 1.165) is 19.3 Å². The fourth-order valence-electron chi connectivity index (χ4n) is 2.04. The molecule has 1 saturated carbocycles. The molecule has 0 saturated heterocycles. The molecule has 0 heterocycles. The number of nitrogens with one attached hydrogen (secondary N) is 1. The summed E-state index contributed by atoms with van der Waals surface area (Å²) in [4.78, 5) is 11.7. The van der Waals surface area contributed by atoms with Crippen LogP contribution in [0.25, 0.3) is 0 Å². The Balaban J connectivity index is 2.54. The molecule has 0 unspecified atom stereocenters. The van der Waals surface area contributed by atoms with Gasteiger partial charge in [-0.25, -0.2) is 4.79 Å². The molecule has 4 N–H and O–H groups in total. The average molecular weight is 244 g/mol. The minimum absolute atomic E-state index is 0.416. The molecule has 0 aliphatic heterocycles. The molecule has 5 nitrogen and oxygen atoms in total. The third kappa shape index (κ3) is 3.85. The van der Waals surface area contributed by atoms with E-state index in [0.29, 0.717) is 13.0 Å². The van der Waals surface area contributed by atoms with Gasteiger partial charge in [-0.15, -0.1) is 0 Å². The lowest BCUT2D eigenvalue weighted by atomic mass is 9.72. The number of nitrogens with two attached hydrogens (primary N) is 1. The number of aliphatic hydroxyl groups excluding tert-OH is 1. The van der Waals surface area contributed by atoms with Crippen molar-refractivity contribution in [3.63, 3.8) is 0 Å². The Bertz CT molecular complexity index is 269. The van der Waals surface area contributed by atoms with Crippen molar-refractivity contribution < 1.29 is 14.6 Å². The fourth-order valence-corrected chi connectivity index (χ4v) is 2.04. The minimum Gasteiger partial charge on any atom is -0.444 e. The molecule has 100 valence electrons. The molecule has 0 radical (unpaired) electrons. The van der Waals surface area contributed by atoms with Crippen molar-refractivity contribution in [3.8, 4) is 0 Å². The fraction of sp³-hybridized carbons (Fsp3) is 0.917. The van der Waals surface area contributed by atoms with E-state index in [9.17, 15) is 9.90 Å². The van der Waals surface area contributed by atoms with Gasteiger partial charge >= 0.3 is 6.09 Å². The first-order valence-electron chi connectivity index (χ1n) is 6.18. The quantitative estimate of drug-likeness (QED) is 0.692. The van der Waals surface area contributed by atoms with Crippen LogP contribution in [0.1, 0.15) is 46.5 Å². The van der Waals surface area contributed by atoms with Crippen molar-refractivity contribution in [3.05, 3.63) is 0 Å². The Hall–Kier alpha value is -0.810. The third-order valence-electron chi connectivity index (χ3n) is 3.07. The zero-order valence-electron chi connectivity index (χ0n) is 11.0. The second-order valence-electron chi connectivity index (χ2n) is 5.73. The van der Waals surface area contributed by atoms with Gasteiger partial charge in [-0.1, -0.05) is 0 Å². The molecular weight excluding hydrogens is 220 g/mol. The number of aliphatic hydroxyl groups is 1. The highest BCUT2D eigenvalue weighted by Gasteiger charge is 2.45. The Kier molecular flexibility index (Phi) is 4.38. The van der Waals surface area contributed by atoms with Gasteiger partial charge in [-0.2, -0.15) is 0 Å². The molecule has 1 amide bonds. The SMILES string of the molecule is CC(C)(C)OC(=O)NC1([C@@H](O)CCN)CCC1. The molecule has 0 aromatic carbocycles. The van der Waals surface area contributed by atoms with Crippen LogP contribution in [0, 0.1) is 0 Å². The summed E-state index contributed by atoms with van der Waals surface area (Å²) in [6, 6.07) is 0. The van der Waals surface area contributed by atoms with Crippen LogP contribution in [0.3, 0.4) is 0 Å². The predicted molar refractivity (Wildman–Crippen MR) is 65.6 cm³/mol. The average Bonchev–Trinajstić information content (AvgIpc) is 2.08. The molecule has 0 aromatic rings. The van der Waals surface area contributed by atoms with Crippen molar-refractivity contribution in [2.45, 2.75) is 63.7 Å². The van der Waals surface area contributed by atoms with Gasteiger partial charge in [0.05, 0.1) is 11.6 Å². The van der Waals surface area contributed by atoms with Gasteiger partial charge in [0.1, 0.15) is 5.60 Å². The van der Waals surface area contributed by atoms with Crippen molar-refractivity contribution in [1.82, 2.24) is 5.32 Å². The minimum atomic E-state index is -0.589. The zero-order valence-corrected chi connectivity index (χ0v) is 11.0. The number of hydrogen-bond donors (Lipinski definition) is 3. The first kappa shape index (κ1) is 14.3. The molecule has 1 fully saturated rings. The topological polar surface area (TPSA) is 84.6 Å². The molecule has 1 aliphatic carbocycles. The molecule has 0 bridgehead atoms. The zero-order chi connectivity index (χ0) is 13.1. The number of hydrogen-bond acceptors (Lipinski definition) is 4. The summed E-state index contributed by atoms with van der Waals surface area (Å²) in [7, 11) is 0. The van der Waals surface area contributed by atoms with E-state index < -0.39 is 23.3 Å². The van der Waals surface area contributed by atoms with Crippen LogP contribution in [-0.2, 0) is 4.74 Å². The Morgan fingerprint density at radius 2 is 2.12 bits per heavy atom. The van der Waals surface area contributed by atoms with Crippen LogP contribution in [0.5, 0.6) is 0 Å². The third-order valence-corrected chi connectivity index (χ3v) is 3.07. The standard InChI is InChI=1S/C12H24N2O3/c1-11(2,3)17-10(16)14-12(6-4-7-12)9(15)5-8-13/h9,15H,4-8,13H2,1-3H3,(H,14,16)/t9-/m0/s1. The summed E-state index contributed by atoms with van der Waals surface area (Å²) in [5.74, 6) is 0. The van der Waals surface area contributed by atoms with Crippen molar-refractivity contribution in [1.29, 1.82) is 0 Å². The number of alkyl carbamates (subject to hydrolysis) is 1. The molecule has 17 heavy (non-hydrogen) atoms. The lowest BCUT2D eigenvalue weighted by molar-refractivity contribution is -0.0115. The molecule has 0 spiro atoms. The lowest BCUT2D eigenvalue weighted by Gasteiger charge is -2.46. The highest BCUT2D eigenvalue weighted by Crippen LogP contribution is 2.36. The van der Waals surface area contributed by atoms with Crippen LogP contribution >= 0.6 is 0 Å². The van der Waals surface area contributed by atoms with Crippen molar-refractivity contribution in [2.24, 2.45) is 5.73 Å². The molecule has 1 aliphatic rings. The molecule has 0 aromatic heterocycles. The maximum absolute atomic E-state index is 11.7. The van der Waals surface area contributed by atoms with Crippen LogP contribution in [0.15, 0.2) is 0 Å². The second-order valence-corrected chi connectivity index (χ2v) is 5.73. The second kappa shape index (κ2) is 5.23. The highest BCUT2D eigenvalue weighted by atomic mass is 16.6. The summed E-state index contributed by atoms with van der Waals surface area (Å²) < 4.78 is 5.21. The van der Waals surface area contributed by atoms with Gasteiger partial charge in [0.2, 0.25) is 0 Å². The highest BCUT2D eigenvalue weighted by molar-refractivity contribution is 5.69.